The highest BCUT2D eigenvalue weighted by Crippen LogP contribution is 2.11. The van der Waals surface area contributed by atoms with Gasteiger partial charge in [0.1, 0.15) is 0 Å². The molecule has 0 heterocycles. The third-order valence-electron chi connectivity index (χ3n) is 4.21. The van der Waals surface area contributed by atoms with E-state index in [-0.39, 0.29) is 24.8 Å². The van der Waals surface area contributed by atoms with E-state index in [1.165, 1.54) is 0 Å². The molecule has 0 aliphatic heterocycles. The Hall–Kier alpha value is -2.19. The van der Waals surface area contributed by atoms with Crippen molar-refractivity contribution in [2.75, 3.05) is 0 Å². The Morgan fingerprint density at radius 3 is 1.27 bits per heavy atom. The molecule has 6 heteroatoms. The zero-order valence-corrected chi connectivity index (χ0v) is 17.8. The quantitative estimate of drug-likeness (QED) is 0.686. The van der Waals surface area contributed by atoms with Crippen molar-refractivity contribution in [2.24, 2.45) is 0 Å². The monoisotopic (exact) mass is 386 g/mol. The maximum Gasteiger partial charge on any atom is 0.293 e. The van der Waals surface area contributed by atoms with E-state index in [0.29, 0.717) is 0 Å². The molecule has 0 bridgehead atoms. The summed E-state index contributed by atoms with van der Waals surface area (Å²) in [5.41, 5.74) is 0. The number of benzene rings is 2. The summed E-state index contributed by atoms with van der Waals surface area (Å²) in [5.74, 6) is -0.691. The second-order valence-corrected chi connectivity index (χ2v) is 14.8. The van der Waals surface area contributed by atoms with Crippen LogP contribution in [-0.4, -0.2) is 28.6 Å². The fourth-order valence-corrected chi connectivity index (χ4v) is 6.24. The lowest BCUT2D eigenvalue weighted by Crippen LogP contribution is -2.47. The van der Waals surface area contributed by atoms with Crippen molar-refractivity contribution in [1.82, 2.24) is 0 Å². The predicted octanol–water partition coefficient (Wildman–Crippen LogP) is 3.08. The molecule has 2 rings (SSSR count). The molecule has 0 atom stereocenters. The van der Waals surface area contributed by atoms with E-state index in [4.69, 9.17) is 8.85 Å². The SMILES string of the molecule is C[Si](C)(OC(=O)CCC(=O)O[Si](C)(C)c1ccccc1)c1ccccc1. The van der Waals surface area contributed by atoms with Crippen LogP contribution in [0.5, 0.6) is 0 Å². The zero-order valence-electron chi connectivity index (χ0n) is 15.8. The molecule has 0 aliphatic rings. The van der Waals surface area contributed by atoms with Gasteiger partial charge in [-0.25, -0.2) is 0 Å². The smallest absolute Gasteiger partial charge is 0.293 e. The lowest BCUT2D eigenvalue weighted by Gasteiger charge is -2.24. The van der Waals surface area contributed by atoms with Crippen molar-refractivity contribution in [2.45, 2.75) is 39.0 Å². The van der Waals surface area contributed by atoms with Crippen molar-refractivity contribution in [3.63, 3.8) is 0 Å². The van der Waals surface area contributed by atoms with Crippen LogP contribution in [0.1, 0.15) is 12.8 Å². The molecule has 0 N–H and O–H groups in total. The van der Waals surface area contributed by atoms with Gasteiger partial charge in [0.25, 0.3) is 28.6 Å². The van der Waals surface area contributed by atoms with Gasteiger partial charge in [0.15, 0.2) is 0 Å². The van der Waals surface area contributed by atoms with Crippen molar-refractivity contribution >= 4 is 38.9 Å². The molecule has 0 saturated heterocycles. The van der Waals surface area contributed by atoms with Gasteiger partial charge < -0.3 is 8.85 Å². The predicted molar refractivity (Wildman–Crippen MR) is 109 cm³/mol. The number of hydrogen-bond acceptors (Lipinski definition) is 4. The van der Waals surface area contributed by atoms with Crippen LogP contribution in [0.3, 0.4) is 0 Å². The zero-order chi connectivity index (χ0) is 19.2. The molecule has 0 amide bonds. The Labute approximate surface area is 157 Å². The van der Waals surface area contributed by atoms with Crippen molar-refractivity contribution < 1.29 is 18.4 Å². The summed E-state index contributed by atoms with van der Waals surface area (Å²) in [6, 6.07) is 19.5. The third-order valence-corrected chi connectivity index (χ3v) is 9.13. The minimum Gasteiger partial charge on any atom is -0.515 e. The molecule has 0 unspecified atom stereocenters. The maximum atomic E-state index is 12.2. The number of hydrogen-bond donors (Lipinski definition) is 0. The molecule has 2 aromatic carbocycles. The molecule has 0 aromatic heterocycles. The van der Waals surface area contributed by atoms with Crippen LogP contribution < -0.4 is 10.4 Å². The molecular formula is C20H26O4Si2. The second-order valence-electron chi connectivity index (χ2n) is 7.20. The Morgan fingerprint density at radius 1 is 0.654 bits per heavy atom. The lowest BCUT2D eigenvalue weighted by atomic mass is 10.3. The van der Waals surface area contributed by atoms with Crippen LogP contribution in [-0.2, 0) is 18.4 Å². The normalized spacial score (nSPS) is 11.7. The van der Waals surface area contributed by atoms with E-state index in [1.807, 2.05) is 86.9 Å². The summed E-state index contributed by atoms with van der Waals surface area (Å²) in [4.78, 5) is 24.4. The average molecular weight is 387 g/mol. The van der Waals surface area contributed by atoms with Crippen LogP contribution >= 0.6 is 0 Å². The van der Waals surface area contributed by atoms with E-state index in [1.54, 1.807) is 0 Å². The largest absolute Gasteiger partial charge is 0.515 e. The molecule has 4 nitrogen and oxygen atoms in total. The summed E-state index contributed by atoms with van der Waals surface area (Å²) in [7, 11) is -4.61. The summed E-state index contributed by atoms with van der Waals surface area (Å²) >= 11 is 0. The highest BCUT2D eigenvalue weighted by Gasteiger charge is 2.31. The van der Waals surface area contributed by atoms with Gasteiger partial charge in [-0.2, -0.15) is 0 Å². The van der Waals surface area contributed by atoms with Crippen LogP contribution in [0.2, 0.25) is 26.2 Å². The van der Waals surface area contributed by atoms with Crippen LogP contribution in [0.25, 0.3) is 0 Å². The highest BCUT2D eigenvalue weighted by atomic mass is 28.4. The molecule has 26 heavy (non-hydrogen) atoms. The maximum absolute atomic E-state index is 12.2. The Bertz CT molecular complexity index is 677. The Kier molecular flexibility index (Phi) is 6.55. The van der Waals surface area contributed by atoms with E-state index in [2.05, 4.69) is 0 Å². The van der Waals surface area contributed by atoms with Crippen LogP contribution in [0.4, 0.5) is 0 Å². The lowest BCUT2D eigenvalue weighted by molar-refractivity contribution is -0.141. The average Bonchev–Trinajstić information content (AvgIpc) is 2.61. The fraction of sp³-hybridized carbons (Fsp3) is 0.300. The number of rotatable bonds is 7. The Balaban J connectivity index is 1.86. The first kappa shape index (κ1) is 20.1. The fourth-order valence-electron chi connectivity index (χ4n) is 2.67. The highest BCUT2D eigenvalue weighted by molar-refractivity contribution is 6.86. The molecule has 0 aliphatic carbocycles. The molecular weight excluding hydrogens is 360 g/mol. The summed E-state index contributed by atoms with van der Waals surface area (Å²) in [6.45, 7) is 7.90. The minimum atomic E-state index is -2.31. The second kappa shape index (κ2) is 8.46. The van der Waals surface area contributed by atoms with Gasteiger partial charge in [0.05, 0.1) is 12.8 Å². The molecule has 0 fully saturated rings. The first-order valence-electron chi connectivity index (χ1n) is 8.75. The molecule has 0 saturated carbocycles. The Morgan fingerprint density at radius 2 is 0.962 bits per heavy atom. The molecule has 138 valence electrons. The summed E-state index contributed by atoms with van der Waals surface area (Å²) in [6.07, 6.45) is 0.0860. The van der Waals surface area contributed by atoms with Gasteiger partial charge >= 0.3 is 0 Å². The van der Waals surface area contributed by atoms with Crippen LogP contribution in [0.15, 0.2) is 60.7 Å². The van der Waals surface area contributed by atoms with Gasteiger partial charge in [0.2, 0.25) is 0 Å². The van der Waals surface area contributed by atoms with Crippen molar-refractivity contribution in [3.05, 3.63) is 60.7 Å². The summed E-state index contributed by atoms with van der Waals surface area (Å²) < 4.78 is 11.4. The van der Waals surface area contributed by atoms with E-state index < -0.39 is 16.6 Å². The first-order valence-corrected chi connectivity index (χ1v) is 14.6. The number of carbonyl (C=O) groups is 2. The van der Waals surface area contributed by atoms with Crippen molar-refractivity contribution in [3.8, 4) is 0 Å². The minimum absolute atomic E-state index is 0.0430. The third kappa shape index (κ3) is 5.67. The molecule has 0 radical (unpaired) electrons. The van der Waals surface area contributed by atoms with E-state index in [9.17, 15) is 9.59 Å². The van der Waals surface area contributed by atoms with Gasteiger partial charge in [-0.1, -0.05) is 60.7 Å². The topological polar surface area (TPSA) is 52.6 Å². The van der Waals surface area contributed by atoms with Gasteiger partial charge in [-0.15, -0.1) is 0 Å². The van der Waals surface area contributed by atoms with Gasteiger partial charge in [0, 0.05) is 0 Å². The standard InChI is InChI=1S/C20H26O4Si2/c1-25(2,17-11-7-5-8-12-17)23-19(21)15-16-20(22)24-26(3,4)18-13-9-6-10-14-18/h5-14H,15-16H2,1-4H3. The van der Waals surface area contributed by atoms with Gasteiger partial charge in [-0.05, 0) is 36.6 Å². The van der Waals surface area contributed by atoms with E-state index in [0.717, 1.165) is 10.4 Å². The van der Waals surface area contributed by atoms with E-state index >= 15 is 0 Å². The first-order chi connectivity index (χ1) is 12.2. The number of carbonyl (C=O) groups excluding carboxylic acids is 2. The molecule has 0 spiro atoms. The summed E-state index contributed by atoms with van der Waals surface area (Å²) in [5, 5.41) is 2.10. The van der Waals surface area contributed by atoms with Gasteiger partial charge in [-0.3, -0.25) is 9.59 Å². The molecule has 2 aromatic rings. The van der Waals surface area contributed by atoms with Crippen LogP contribution in [0, 0.1) is 0 Å². The van der Waals surface area contributed by atoms with Crippen molar-refractivity contribution in [1.29, 1.82) is 0 Å².